The Bertz CT molecular complexity index is 476. The van der Waals surface area contributed by atoms with Crippen molar-refractivity contribution in [2.45, 2.75) is 62.1 Å². The Labute approximate surface area is 132 Å². The number of hydrogen-bond donors (Lipinski definition) is 2. The first-order valence-electron chi connectivity index (χ1n) is 7.74. The highest BCUT2D eigenvalue weighted by Gasteiger charge is 2.18. The molecule has 0 spiro atoms. The SMILES string of the molecule is CC(C)(C)NCC(=O)Nc1ccccc1SC1CCCC1. The first-order chi connectivity index (χ1) is 9.94. The van der Waals surface area contributed by atoms with E-state index in [9.17, 15) is 4.79 Å². The van der Waals surface area contributed by atoms with E-state index in [1.54, 1.807) is 0 Å². The topological polar surface area (TPSA) is 41.1 Å². The fraction of sp³-hybridized carbons (Fsp3) is 0.588. The van der Waals surface area contributed by atoms with Gasteiger partial charge in [-0.3, -0.25) is 4.79 Å². The summed E-state index contributed by atoms with van der Waals surface area (Å²) in [5.41, 5.74) is 0.894. The summed E-state index contributed by atoms with van der Waals surface area (Å²) >= 11 is 1.91. The molecule has 0 aromatic heterocycles. The number of benzene rings is 1. The Hall–Kier alpha value is -1.00. The lowest BCUT2D eigenvalue weighted by Gasteiger charge is -2.20. The van der Waals surface area contributed by atoms with Crippen molar-refractivity contribution in [1.82, 2.24) is 5.32 Å². The quantitative estimate of drug-likeness (QED) is 0.862. The zero-order valence-corrected chi connectivity index (χ0v) is 14.1. The summed E-state index contributed by atoms with van der Waals surface area (Å²) in [6, 6.07) is 8.12. The zero-order chi connectivity index (χ0) is 15.3. The Balaban J connectivity index is 1.94. The number of rotatable bonds is 5. The van der Waals surface area contributed by atoms with Crippen LogP contribution >= 0.6 is 11.8 Å². The third-order valence-corrected chi connectivity index (χ3v) is 4.95. The molecule has 21 heavy (non-hydrogen) atoms. The molecule has 0 bridgehead atoms. The normalized spacial score (nSPS) is 16.1. The van der Waals surface area contributed by atoms with Crippen molar-refractivity contribution in [3.8, 4) is 0 Å². The van der Waals surface area contributed by atoms with Crippen LogP contribution in [0.4, 0.5) is 5.69 Å². The molecule has 1 saturated carbocycles. The maximum atomic E-state index is 12.1. The maximum Gasteiger partial charge on any atom is 0.238 e. The molecule has 0 radical (unpaired) electrons. The van der Waals surface area contributed by atoms with Crippen LogP contribution in [0.25, 0.3) is 0 Å². The average Bonchev–Trinajstić information content (AvgIpc) is 2.91. The van der Waals surface area contributed by atoms with Crippen molar-refractivity contribution in [2.75, 3.05) is 11.9 Å². The molecule has 0 unspecified atom stereocenters. The summed E-state index contributed by atoms with van der Waals surface area (Å²) in [6.45, 7) is 6.52. The fourth-order valence-corrected chi connectivity index (χ4v) is 3.73. The second-order valence-corrected chi connectivity index (χ2v) is 8.01. The van der Waals surface area contributed by atoms with Crippen LogP contribution < -0.4 is 10.6 Å². The second kappa shape index (κ2) is 7.32. The summed E-state index contributed by atoms with van der Waals surface area (Å²) in [4.78, 5) is 13.3. The van der Waals surface area contributed by atoms with Crippen molar-refractivity contribution >= 4 is 23.4 Å². The van der Waals surface area contributed by atoms with Crippen LogP contribution in [0.15, 0.2) is 29.2 Å². The molecule has 4 heteroatoms. The predicted octanol–water partition coefficient (Wildman–Crippen LogP) is 4.05. The third kappa shape index (κ3) is 5.71. The van der Waals surface area contributed by atoms with Crippen molar-refractivity contribution < 1.29 is 4.79 Å². The molecule has 0 saturated heterocycles. The number of carbonyl (C=O) groups excluding carboxylic acids is 1. The summed E-state index contributed by atoms with van der Waals surface area (Å²) in [7, 11) is 0. The molecule has 1 aromatic carbocycles. The minimum Gasteiger partial charge on any atom is -0.324 e. The van der Waals surface area contributed by atoms with Gasteiger partial charge in [-0.05, 0) is 45.7 Å². The highest BCUT2D eigenvalue weighted by Crippen LogP contribution is 2.37. The van der Waals surface area contributed by atoms with Crippen LogP contribution in [0, 0.1) is 0 Å². The number of anilines is 1. The number of thioether (sulfide) groups is 1. The van der Waals surface area contributed by atoms with Gasteiger partial charge in [0.1, 0.15) is 0 Å². The molecule has 0 aliphatic heterocycles. The number of para-hydroxylation sites is 1. The fourth-order valence-electron chi connectivity index (χ4n) is 2.40. The highest BCUT2D eigenvalue weighted by molar-refractivity contribution is 8.00. The largest absolute Gasteiger partial charge is 0.324 e. The molecular weight excluding hydrogens is 280 g/mol. The number of nitrogens with one attached hydrogen (secondary N) is 2. The zero-order valence-electron chi connectivity index (χ0n) is 13.2. The van der Waals surface area contributed by atoms with Gasteiger partial charge in [-0.1, -0.05) is 25.0 Å². The Morgan fingerprint density at radius 2 is 1.90 bits per heavy atom. The molecule has 116 valence electrons. The summed E-state index contributed by atoms with van der Waals surface area (Å²) in [5.74, 6) is 0.0180. The highest BCUT2D eigenvalue weighted by atomic mass is 32.2. The van der Waals surface area contributed by atoms with Gasteiger partial charge < -0.3 is 10.6 Å². The molecule has 0 heterocycles. The molecule has 2 N–H and O–H groups in total. The summed E-state index contributed by atoms with van der Waals surface area (Å²) < 4.78 is 0. The Kier molecular flexibility index (Phi) is 5.71. The minimum absolute atomic E-state index is 0.0180. The van der Waals surface area contributed by atoms with E-state index < -0.39 is 0 Å². The van der Waals surface area contributed by atoms with Crippen LogP contribution in [-0.2, 0) is 4.79 Å². The first-order valence-corrected chi connectivity index (χ1v) is 8.62. The predicted molar refractivity (Wildman–Crippen MR) is 90.9 cm³/mol. The van der Waals surface area contributed by atoms with Crippen molar-refractivity contribution in [3.63, 3.8) is 0 Å². The Morgan fingerprint density at radius 3 is 2.57 bits per heavy atom. The second-order valence-electron chi connectivity index (χ2n) is 6.67. The monoisotopic (exact) mass is 306 g/mol. The number of amides is 1. The van der Waals surface area contributed by atoms with Gasteiger partial charge in [0.15, 0.2) is 0 Å². The molecule has 2 rings (SSSR count). The van der Waals surface area contributed by atoms with Crippen LogP contribution in [-0.4, -0.2) is 23.2 Å². The molecule has 0 atom stereocenters. The smallest absolute Gasteiger partial charge is 0.238 e. The molecule has 1 aliphatic rings. The molecule has 1 aliphatic carbocycles. The van der Waals surface area contributed by atoms with E-state index in [0.717, 1.165) is 5.69 Å². The lowest BCUT2D eigenvalue weighted by Crippen LogP contribution is -2.41. The molecule has 3 nitrogen and oxygen atoms in total. The van der Waals surface area contributed by atoms with Gasteiger partial charge >= 0.3 is 0 Å². The molecule has 1 amide bonds. The first kappa shape index (κ1) is 16.4. The van der Waals surface area contributed by atoms with Crippen LogP contribution in [0.2, 0.25) is 0 Å². The van der Waals surface area contributed by atoms with Crippen LogP contribution in [0.1, 0.15) is 46.5 Å². The van der Waals surface area contributed by atoms with E-state index in [-0.39, 0.29) is 11.4 Å². The lowest BCUT2D eigenvalue weighted by molar-refractivity contribution is -0.115. The van der Waals surface area contributed by atoms with Gasteiger partial charge in [-0.25, -0.2) is 0 Å². The summed E-state index contributed by atoms with van der Waals surface area (Å²) in [5, 5.41) is 6.95. The molecule has 1 fully saturated rings. The van der Waals surface area contributed by atoms with E-state index >= 15 is 0 Å². The van der Waals surface area contributed by atoms with Gasteiger partial charge in [0.25, 0.3) is 0 Å². The summed E-state index contributed by atoms with van der Waals surface area (Å²) in [6.07, 6.45) is 5.25. The van der Waals surface area contributed by atoms with Gasteiger partial charge in [0.2, 0.25) is 5.91 Å². The van der Waals surface area contributed by atoms with Crippen LogP contribution in [0.5, 0.6) is 0 Å². The van der Waals surface area contributed by atoms with Gasteiger partial charge in [-0.2, -0.15) is 0 Å². The van der Waals surface area contributed by atoms with Gasteiger partial charge in [0.05, 0.1) is 12.2 Å². The number of hydrogen-bond acceptors (Lipinski definition) is 3. The maximum absolute atomic E-state index is 12.1. The Morgan fingerprint density at radius 1 is 1.24 bits per heavy atom. The molecule has 1 aromatic rings. The molecular formula is C17H26N2OS. The van der Waals surface area contributed by atoms with Crippen molar-refractivity contribution in [2.24, 2.45) is 0 Å². The van der Waals surface area contributed by atoms with Crippen molar-refractivity contribution in [1.29, 1.82) is 0 Å². The van der Waals surface area contributed by atoms with E-state index in [4.69, 9.17) is 0 Å². The van der Waals surface area contributed by atoms with E-state index in [2.05, 4.69) is 37.5 Å². The minimum atomic E-state index is -0.0462. The average molecular weight is 306 g/mol. The van der Waals surface area contributed by atoms with Crippen molar-refractivity contribution in [3.05, 3.63) is 24.3 Å². The van der Waals surface area contributed by atoms with Gasteiger partial charge in [0, 0.05) is 15.7 Å². The van der Waals surface area contributed by atoms with E-state index in [1.165, 1.54) is 30.6 Å². The standard InChI is InChI=1S/C17H26N2OS/c1-17(2,3)18-12-16(20)19-14-10-6-7-11-15(14)21-13-8-4-5-9-13/h6-7,10-11,13,18H,4-5,8-9,12H2,1-3H3,(H,19,20). The number of carbonyl (C=O) groups is 1. The van der Waals surface area contributed by atoms with E-state index in [0.29, 0.717) is 11.8 Å². The third-order valence-electron chi connectivity index (χ3n) is 3.54. The lowest BCUT2D eigenvalue weighted by atomic mass is 10.1. The van der Waals surface area contributed by atoms with Crippen LogP contribution in [0.3, 0.4) is 0 Å². The van der Waals surface area contributed by atoms with Gasteiger partial charge in [-0.15, -0.1) is 11.8 Å². The van der Waals surface area contributed by atoms with E-state index in [1.807, 2.05) is 30.0 Å².